The number of rotatable bonds is 6. The van der Waals surface area contributed by atoms with Crippen LogP contribution in [0.5, 0.6) is 5.75 Å². The van der Waals surface area contributed by atoms with Crippen LogP contribution in [0.15, 0.2) is 110 Å². The molecule has 2 aromatic heterocycles. The van der Waals surface area contributed by atoms with Gasteiger partial charge < -0.3 is 9.15 Å². The maximum Gasteiger partial charge on any atom is 0.282 e. The molecule has 0 aliphatic carbocycles. The van der Waals surface area contributed by atoms with Crippen LogP contribution in [0.25, 0.3) is 33.5 Å². The van der Waals surface area contributed by atoms with Crippen molar-refractivity contribution in [3.05, 3.63) is 128 Å². The monoisotopic (exact) mass is 601 g/mol. The van der Waals surface area contributed by atoms with E-state index in [0.29, 0.717) is 44.1 Å². The Hall–Kier alpha value is -4.27. The lowest BCUT2D eigenvalue weighted by molar-refractivity contribution is 0.300. The smallest absolute Gasteiger partial charge is 0.282 e. The predicted molar refractivity (Wildman–Crippen MR) is 154 cm³/mol. The highest BCUT2D eigenvalue weighted by Crippen LogP contribution is 2.30. The van der Waals surface area contributed by atoms with Crippen LogP contribution in [0, 0.1) is 5.82 Å². The molecule has 0 aliphatic heterocycles. The molecule has 9 heteroatoms. The van der Waals surface area contributed by atoms with Crippen molar-refractivity contribution < 1.29 is 13.5 Å². The van der Waals surface area contributed by atoms with Gasteiger partial charge in [0.1, 0.15) is 23.8 Å². The van der Waals surface area contributed by atoms with E-state index < -0.39 is 0 Å². The first kappa shape index (κ1) is 25.0. The van der Waals surface area contributed by atoms with Gasteiger partial charge in [-0.25, -0.2) is 9.37 Å². The topological polar surface area (TPSA) is 69.6 Å². The third-order valence-electron chi connectivity index (χ3n) is 6.07. The van der Waals surface area contributed by atoms with E-state index in [2.05, 4.69) is 21.0 Å². The molecular weight excluding hydrogens is 585 g/mol. The van der Waals surface area contributed by atoms with Gasteiger partial charge in [-0.05, 0) is 66.2 Å². The van der Waals surface area contributed by atoms with Crippen LogP contribution >= 0.6 is 27.5 Å². The lowest BCUT2D eigenvalue weighted by Gasteiger charge is -2.09. The molecule has 4 aromatic carbocycles. The van der Waals surface area contributed by atoms with Gasteiger partial charge in [-0.15, -0.1) is 0 Å². The Morgan fingerprint density at radius 3 is 2.69 bits per heavy atom. The van der Waals surface area contributed by atoms with Crippen molar-refractivity contribution >= 4 is 55.6 Å². The zero-order chi connectivity index (χ0) is 26.9. The maximum absolute atomic E-state index is 13.9. The van der Waals surface area contributed by atoms with Crippen molar-refractivity contribution in [2.24, 2.45) is 5.10 Å². The molecule has 0 aliphatic rings. The van der Waals surface area contributed by atoms with E-state index in [4.69, 9.17) is 25.7 Å². The molecule has 0 unspecified atom stereocenters. The summed E-state index contributed by atoms with van der Waals surface area (Å²) in [4.78, 5) is 18.2. The highest BCUT2D eigenvalue weighted by Gasteiger charge is 2.16. The fraction of sp³-hybridized carbons (Fsp3) is 0.0333. The number of hydrogen-bond acceptors (Lipinski definition) is 5. The second-order valence-corrected chi connectivity index (χ2v) is 10.00. The van der Waals surface area contributed by atoms with Gasteiger partial charge in [0.25, 0.3) is 5.56 Å². The lowest BCUT2D eigenvalue weighted by atomic mass is 10.2. The molecule has 0 N–H and O–H groups in total. The molecule has 39 heavy (non-hydrogen) atoms. The summed E-state index contributed by atoms with van der Waals surface area (Å²) >= 11 is 9.90. The Morgan fingerprint density at radius 1 is 1.03 bits per heavy atom. The lowest BCUT2D eigenvalue weighted by Crippen LogP contribution is -2.20. The highest BCUT2D eigenvalue weighted by atomic mass is 79.9. The SMILES string of the molecule is O=c1c2ccccc2nc(-c2cc3cc(Br)ccc3o2)n1N=Cc1ccc(OCc2ccccc2F)c(Cl)c1. The molecule has 6 aromatic rings. The predicted octanol–water partition coefficient (Wildman–Crippen LogP) is 7.83. The summed E-state index contributed by atoms with van der Waals surface area (Å²) in [6, 6.07) is 26.0. The number of furan rings is 1. The Morgan fingerprint density at radius 2 is 1.85 bits per heavy atom. The van der Waals surface area contributed by atoms with E-state index in [1.165, 1.54) is 17.0 Å². The van der Waals surface area contributed by atoms with Crippen molar-refractivity contribution in [1.82, 2.24) is 9.66 Å². The summed E-state index contributed by atoms with van der Waals surface area (Å²) in [5.41, 5.74) is 1.89. The van der Waals surface area contributed by atoms with Crippen molar-refractivity contribution in [2.75, 3.05) is 0 Å². The maximum atomic E-state index is 13.9. The van der Waals surface area contributed by atoms with Gasteiger partial charge in [-0.3, -0.25) is 4.79 Å². The molecule has 0 amide bonds. The summed E-state index contributed by atoms with van der Waals surface area (Å²) in [6.07, 6.45) is 1.51. The van der Waals surface area contributed by atoms with Crippen LogP contribution in [0.4, 0.5) is 4.39 Å². The number of halogens is 3. The molecular formula is C30H18BrClFN3O3. The molecule has 0 atom stereocenters. The second kappa shape index (κ2) is 10.5. The van der Waals surface area contributed by atoms with E-state index in [1.807, 2.05) is 30.3 Å². The van der Waals surface area contributed by atoms with Crippen LogP contribution in [-0.2, 0) is 6.61 Å². The molecule has 0 saturated carbocycles. The average Bonchev–Trinajstić information content (AvgIpc) is 3.36. The molecule has 0 fully saturated rings. The number of ether oxygens (including phenoxy) is 1. The highest BCUT2D eigenvalue weighted by molar-refractivity contribution is 9.10. The summed E-state index contributed by atoms with van der Waals surface area (Å²) in [6.45, 7) is 0.0371. The van der Waals surface area contributed by atoms with Gasteiger partial charge in [0.2, 0.25) is 5.82 Å². The number of hydrogen-bond donors (Lipinski definition) is 0. The number of para-hydroxylation sites is 1. The normalized spacial score (nSPS) is 11.6. The third-order valence-corrected chi connectivity index (χ3v) is 6.86. The van der Waals surface area contributed by atoms with Gasteiger partial charge >= 0.3 is 0 Å². The molecule has 6 rings (SSSR count). The zero-order valence-corrected chi connectivity index (χ0v) is 22.5. The zero-order valence-electron chi connectivity index (χ0n) is 20.1. The number of nitrogens with zero attached hydrogens (tertiary/aromatic N) is 3. The summed E-state index contributed by atoms with van der Waals surface area (Å²) in [5.74, 6) is 0.715. The van der Waals surface area contributed by atoms with Gasteiger partial charge in [0, 0.05) is 15.4 Å². The van der Waals surface area contributed by atoms with E-state index in [1.54, 1.807) is 54.6 Å². The van der Waals surface area contributed by atoms with Crippen LogP contribution in [0.3, 0.4) is 0 Å². The van der Waals surface area contributed by atoms with Gasteiger partial charge in [-0.1, -0.05) is 57.9 Å². The van der Waals surface area contributed by atoms with Crippen LogP contribution in [-0.4, -0.2) is 15.9 Å². The largest absolute Gasteiger partial charge is 0.487 e. The fourth-order valence-electron chi connectivity index (χ4n) is 4.12. The fourth-order valence-corrected chi connectivity index (χ4v) is 4.75. The Bertz CT molecular complexity index is 1950. The molecule has 0 saturated heterocycles. The number of benzene rings is 4. The van der Waals surface area contributed by atoms with Crippen LogP contribution < -0.4 is 10.3 Å². The van der Waals surface area contributed by atoms with Crippen LogP contribution in [0.2, 0.25) is 5.02 Å². The number of fused-ring (bicyclic) bond motifs is 2. The minimum absolute atomic E-state index is 0.0371. The Labute approximate surface area is 235 Å². The van der Waals surface area contributed by atoms with E-state index >= 15 is 0 Å². The molecule has 2 heterocycles. The van der Waals surface area contributed by atoms with E-state index in [0.717, 1.165) is 9.86 Å². The first-order chi connectivity index (χ1) is 19.0. The third kappa shape index (κ3) is 5.08. The average molecular weight is 603 g/mol. The van der Waals surface area contributed by atoms with Crippen molar-refractivity contribution in [3.8, 4) is 17.3 Å². The van der Waals surface area contributed by atoms with Crippen molar-refractivity contribution in [2.45, 2.75) is 6.61 Å². The molecule has 0 spiro atoms. The van der Waals surface area contributed by atoms with Gasteiger partial charge in [0.05, 0.1) is 22.1 Å². The minimum atomic E-state index is -0.347. The van der Waals surface area contributed by atoms with Gasteiger partial charge in [-0.2, -0.15) is 9.78 Å². The molecule has 0 bridgehead atoms. The first-order valence-electron chi connectivity index (χ1n) is 11.9. The summed E-state index contributed by atoms with van der Waals surface area (Å²) in [5, 5.41) is 6.07. The Balaban J connectivity index is 1.36. The second-order valence-electron chi connectivity index (χ2n) is 8.68. The molecule has 192 valence electrons. The van der Waals surface area contributed by atoms with Crippen LogP contribution in [0.1, 0.15) is 11.1 Å². The quantitative estimate of drug-likeness (QED) is 0.182. The van der Waals surface area contributed by atoms with Crippen molar-refractivity contribution in [1.29, 1.82) is 0 Å². The van der Waals surface area contributed by atoms with E-state index in [-0.39, 0.29) is 23.8 Å². The van der Waals surface area contributed by atoms with Crippen molar-refractivity contribution in [3.63, 3.8) is 0 Å². The summed E-state index contributed by atoms with van der Waals surface area (Å²) < 4.78 is 27.8. The van der Waals surface area contributed by atoms with Gasteiger partial charge in [0.15, 0.2) is 5.76 Å². The Kier molecular flexibility index (Phi) is 6.72. The minimum Gasteiger partial charge on any atom is -0.487 e. The van der Waals surface area contributed by atoms with E-state index in [9.17, 15) is 9.18 Å². The standard InChI is InChI=1S/C30H18BrClFN3O3/c31-21-10-12-26-20(14-21)15-28(39-26)29-35-25-8-4-2-6-22(25)30(37)36(29)34-16-18-9-11-27(23(32)13-18)38-17-19-5-1-3-7-24(19)33/h1-16H,17H2. The first-order valence-corrected chi connectivity index (χ1v) is 13.0. The molecule has 6 nitrogen and oxygen atoms in total. The number of aromatic nitrogens is 2. The molecule has 0 radical (unpaired) electrons. The summed E-state index contributed by atoms with van der Waals surface area (Å²) in [7, 11) is 0.